The van der Waals surface area contributed by atoms with E-state index in [9.17, 15) is 0 Å². The lowest BCUT2D eigenvalue weighted by molar-refractivity contribution is 0.442. The highest BCUT2D eigenvalue weighted by Gasteiger charge is 2.20. The number of piperidine rings is 1. The Morgan fingerprint density at radius 1 is 1.24 bits per heavy atom. The van der Waals surface area contributed by atoms with Gasteiger partial charge in [-0.25, -0.2) is 0 Å². The second-order valence-electron chi connectivity index (χ2n) is 4.24. The predicted molar refractivity (Wildman–Crippen MR) is 78.5 cm³/mol. The van der Waals surface area contributed by atoms with Gasteiger partial charge in [0.15, 0.2) is 0 Å². The first kappa shape index (κ1) is 13.5. The summed E-state index contributed by atoms with van der Waals surface area (Å²) < 4.78 is 0.845. The third-order valence-electron chi connectivity index (χ3n) is 3.26. The van der Waals surface area contributed by atoms with Gasteiger partial charge in [0.05, 0.1) is 15.7 Å². The summed E-state index contributed by atoms with van der Waals surface area (Å²) in [6, 6.07) is 4.60. The molecule has 0 aromatic heterocycles. The van der Waals surface area contributed by atoms with Crippen molar-refractivity contribution in [3.05, 3.63) is 26.7 Å². The summed E-state index contributed by atoms with van der Waals surface area (Å²) in [5, 5.41) is 4.56. The highest BCUT2D eigenvalue weighted by Crippen LogP contribution is 2.38. The minimum Gasteiger partial charge on any atom is -0.370 e. The Hall–Kier alpha value is 0.0400. The molecule has 1 fully saturated rings. The molecular weight excluding hydrogens is 323 g/mol. The number of hydrogen-bond donors (Lipinski definition) is 1. The molecule has 0 atom stereocenters. The van der Waals surface area contributed by atoms with E-state index in [-0.39, 0.29) is 0 Å². The van der Waals surface area contributed by atoms with Crippen molar-refractivity contribution >= 4 is 44.8 Å². The van der Waals surface area contributed by atoms with Gasteiger partial charge in [0, 0.05) is 23.6 Å². The van der Waals surface area contributed by atoms with Crippen molar-refractivity contribution in [1.82, 2.24) is 5.32 Å². The zero-order valence-electron chi connectivity index (χ0n) is 9.64. The van der Waals surface area contributed by atoms with E-state index >= 15 is 0 Å². The Kier molecular flexibility index (Phi) is 4.59. The summed E-state index contributed by atoms with van der Waals surface area (Å²) in [7, 11) is 2.02. The maximum Gasteiger partial charge on any atom is 0.0837 e. The van der Waals surface area contributed by atoms with E-state index in [2.05, 4.69) is 26.1 Å². The number of benzene rings is 1. The molecule has 0 saturated carbocycles. The van der Waals surface area contributed by atoms with E-state index < -0.39 is 0 Å². The van der Waals surface area contributed by atoms with Crippen molar-refractivity contribution in [2.24, 2.45) is 0 Å². The fraction of sp³-hybridized carbons (Fsp3) is 0.500. The Labute approximate surface area is 120 Å². The fourth-order valence-corrected chi connectivity index (χ4v) is 3.06. The Morgan fingerprint density at radius 2 is 1.88 bits per heavy atom. The largest absolute Gasteiger partial charge is 0.370 e. The van der Waals surface area contributed by atoms with Crippen molar-refractivity contribution in [1.29, 1.82) is 0 Å². The average Bonchev–Trinajstić information content (AvgIpc) is 2.36. The molecule has 1 aliphatic rings. The molecule has 0 radical (unpaired) electrons. The van der Waals surface area contributed by atoms with Crippen LogP contribution in [0.5, 0.6) is 0 Å². The van der Waals surface area contributed by atoms with E-state index in [0.717, 1.165) is 36.1 Å². The summed E-state index contributed by atoms with van der Waals surface area (Å²) in [5.41, 5.74) is 1.04. The van der Waals surface area contributed by atoms with E-state index in [4.69, 9.17) is 23.2 Å². The summed E-state index contributed by atoms with van der Waals surface area (Å²) >= 11 is 15.8. The standard InChI is InChI=1S/C12H15BrCl2N2/c1-16-8-4-6-17(7-5-8)10-3-2-9(13)11(14)12(10)15/h2-3,8,16H,4-7H2,1H3. The average molecular weight is 338 g/mol. The molecule has 1 aliphatic heterocycles. The SMILES string of the molecule is CNC1CCN(c2ccc(Br)c(Cl)c2Cl)CC1. The van der Waals surface area contributed by atoms with E-state index in [1.807, 2.05) is 19.2 Å². The van der Waals surface area contributed by atoms with Crippen LogP contribution in [0.2, 0.25) is 10.0 Å². The zero-order valence-corrected chi connectivity index (χ0v) is 12.7. The quantitative estimate of drug-likeness (QED) is 0.822. The zero-order chi connectivity index (χ0) is 12.4. The first-order chi connectivity index (χ1) is 8.13. The van der Waals surface area contributed by atoms with Crippen molar-refractivity contribution in [3.8, 4) is 0 Å². The van der Waals surface area contributed by atoms with Gasteiger partial charge in [0.25, 0.3) is 0 Å². The maximum atomic E-state index is 6.28. The number of halogens is 3. The number of anilines is 1. The van der Waals surface area contributed by atoms with Gasteiger partial charge >= 0.3 is 0 Å². The predicted octanol–water partition coefficient (Wildman–Crippen LogP) is 3.94. The highest BCUT2D eigenvalue weighted by atomic mass is 79.9. The number of nitrogens with one attached hydrogen (secondary N) is 1. The molecule has 2 rings (SSSR count). The van der Waals surface area contributed by atoms with Crippen LogP contribution >= 0.6 is 39.1 Å². The molecule has 0 spiro atoms. The van der Waals surface area contributed by atoms with Gasteiger partial charge in [0.2, 0.25) is 0 Å². The minimum absolute atomic E-state index is 0.597. The molecule has 0 amide bonds. The molecule has 1 saturated heterocycles. The van der Waals surface area contributed by atoms with E-state index in [1.54, 1.807) is 0 Å². The van der Waals surface area contributed by atoms with E-state index in [0.29, 0.717) is 16.1 Å². The van der Waals surface area contributed by atoms with E-state index in [1.165, 1.54) is 0 Å². The lowest BCUT2D eigenvalue weighted by Gasteiger charge is -2.34. The molecule has 17 heavy (non-hydrogen) atoms. The lowest BCUT2D eigenvalue weighted by atomic mass is 10.0. The molecule has 1 heterocycles. The monoisotopic (exact) mass is 336 g/mol. The van der Waals surface area contributed by atoms with Crippen molar-refractivity contribution in [3.63, 3.8) is 0 Å². The molecule has 1 aromatic rings. The van der Waals surface area contributed by atoms with Gasteiger partial charge in [-0.1, -0.05) is 23.2 Å². The van der Waals surface area contributed by atoms with Crippen molar-refractivity contribution < 1.29 is 0 Å². The van der Waals surface area contributed by atoms with Crippen LogP contribution in [0, 0.1) is 0 Å². The lowest BCUT2D eigenvalue weighted by Crippen LogP contribution is -2.41. The van der Waals surface area contributed by atoms with Crippen LogP contribution in [-0.2, 0) is 0 Å². The van der Waals surface area contributed by atoms with Gasteiger partial charge < -0.3 is 10.2 Å². The molecule has 2 nitrogen and oxygen atoms in total. The van der Waals surface area contributed by atoms with Crippen LogP contribution in [0.4, 0.5) is 5.69 Å². The topological polar surface area (TPSA) is 15.3 Å². The molecular formula is C12H15BrCl2N2. The third-order valence-corrected chi connectivity index (χ3v) is 5.02. The summed E-state index contributed by atoms with van der Waals surface area (Å²) in [6.07, 6.45) is 2.28. The van der Waals surface area contributed by atoms with Gasteiger partial charge in [-0.05, 0) is 48.0 Å². The normalized spacial score (nSPS) is 17.5. The summed E-state index contributed by atoms with van der Waals surface area (Å²) in [6.45, 7) is 2.03. The molecule has 1 N–H and O–H groups in total. The fourth-order valence-electron chi connectivity index (χ4n) is 2.17. The van der Waals surface area contributed by atoms with Crippen LogP contribution in [0.1, 0.15) is 12.8 Å². The van der Waals surface area contributed by atoms with Gasteiger partial charge in [-0.15, -0.1) is 0 Å². The van der Waals surface area contributed by atoms with Crippen LogP contribution in [0.25, 0.3) is 0 Å². The Balaban J connectivity index is 2.16. The van der Waals surface area contributed by atoms with Gasteiger partial charge in [0.1, 0.15) is 0 Å². The molecule has 94 valence electrons. The smallest absolute Gasteiger partial charge is 0.0837 e. The van der Waals surface area contributed by atoms with Crippen molar-refractivity contribution in [2.45, 2.75) is 18.9 Å². The highest BCUT2D eigenvalue weighted by molar-refractivity contribution is 9.10. The molecule has 1 aromatic carbocycles. The minimum atomic E-state index is 0.597. The molecule has 0 unspecified atom stereocenters. The molecule has 0 bridgehead atoms. The number of rotatable bonds is 2. The Bertz CT molecular complexity index is 404. The second kappa shape index (κ2) is 5.79. The first-order valence-electron chi connectivity index (χ1n) is 5.69. The maximum absolute atomic E-state index is 6.28. The summed E-state index contributed by atoms with van der Waals surface area (Å²) in [4.78, 5) is 2.30. The number of hydrogen-bond acceptors (Lipinski definition) is 2. The van der Waals surface area contributed by atoms with Gasteiger partial charge in [-0.3, -0.25) is 0 Å². The van der Waals surface area contributed by atoms with Crippen LogP contribution < -0.4 is 10.2 Å². The number of nitrogens with zero attached hydrogens (tertiary/aromatic N) is 1. The van der Waals surface area contributed by atoms with Crippen LogP contribution in [-0.4, -0.2) is 26.2 Å². The van der Waals surface area contributed by atoms with Crippen LogP contribution in [0.15, 0.2) is 16.6 Å². The van der Waals surface area contributed by atoms with Gasteiger partial charge in [-0.2, -0.15) is 0 Å². The molecule has 5 heteroatoms. The summed E-state index contributed by atoms with van der Waals surface area (Å²) in [5.74, 6) is 0. The first-order valence-corrected chi connectivity index (χ1v) is 7.24. The molecule has 0 aliphatic carbocycles. The Morgan fingerprint density at radius 3 is 2.47 bits per heavy atom. The van der Waals surface area contributed by atoms with Crippen LogP contribution in [0.3, 0.4) is 0 Å². The third kappa shape index (κ3) is 2.90. The second-order valence-corrected chi connectivity index (χ2v) is 5.85. The van der Waals surface area contributed by atoms with Crippen molar-refractivity contribution in [2.75, 3.05) is 25.0 Å².